The van der Waals surface area contributed by atoms with Gasteiger partial charge in [0.25, 0.3) is 11.8 Å². The molecule has 0 unspecified atom stereocenters. The van der Waals surface area contributed by atoms with E-state index in [2.05, 4.69) is 5.32 Å². The average Bonchev–Trinajstić information content (AvgIpc) is 3.43. The van der Waals surface area contributed by atoms with E-state index in [1.54, 1.807) is 24.3 Å². The highest BCUT2D eigenvalue weighted by molar-refractivity contribution is 7.18. The van der Waals surface area contributed by atoms with Gasteiger partial charge in [-0.15, -0.1) is 11.3 Å². The summed E-state index contributed by atoms with van der Waals surface area (Å²) in [6.07, 6.45) is 3.09. The minimum Gasteiger partial charge on any atom is -0.459 e. The second-order valence-corrected chi connectivity index (χ2v) is 7.42. The van der Waals surface area contributed by atoms with E-state index in [4.69, 9.17) is 13.9 Å². The fraction of sp³-hybridized carbons (Fsp3) is 0.444. The van der Waals surface area contributed by atoms with Crippen molar-refractivity contribution in [2.75, 3.05) is 31.6 Å². The standard InChI is InChI=1S/C18H20N2O5S/c21-16(13-2-1-9-23-13)19-15-4-3-14(26-15)17(22)20-7-5-12(6-8-20)18-24-10-11-25-18/h1-4,9,12,18H,5-8,10-11H2,(H,19,21). The van der Waals surface area contributed by atoms with Crippen molar-refractivity contribution in [3.63, 3.8) is 0 Å². The molecule has 4 rings (SSSR count). The summed E-state index contributed by atoms with van der Waals surface area (Å²) in [5, 5.41) is 3.37. The van der Waals surface area contributed by atoms with Crippen molar-refractivity contribution in [3.8, 4) is 0 Å². The monoisotopic (exact) mass is 376 g/mol. The van der Waals surface area contributed by atoms with E-state index in [1.165, 1.54) is 17.6 Å². The third kappa shape index (κ3) is 3.67. The summed E-state index contributed by atoms with van der Waals surface area (Å²) >= 11 is 1.27. The molecule has 2 saturated heterocycles. The summed E-state index contributed by atoms with van der Waals surface area (Å²) in [4.78, 5) is 27.2. The van der Waals surface area contributed by atoms with Crippen LogP contribution >= 0.6 is 11.3 Å². The van der Waals surface area contributed by atoms with Crippen LogP contribution in [0.25, 0.3) is 0 Å². The Kier molecular flexibility index (Phi) is 5.05. The lowest BCUT2D eigenvalue weighted by Gasteiger charge is -2.33. The Morgan fingerprint density at radius 3 is 2.58 bits per heavy atom. The van der Waals surface area contributed by atoms with Gasteiger partial charge in [0.05, 0.1) is 29.4 Å². The first-order chi connectivity index (χ1) is 12.7. The van der Waals surface area contributed by atoms with Gasteiger partial charge < -0.3 is 24.1 Å². The number of thiophene rings is 1. The third-order valence-corrected chi connectivity index (χ3v) is 5.65. The summed E-state index contributed by atoms with van der Waals surface area (Å²) in [5.41, 5.74) is 0. The number of nitrogens with one attached hydrogen (secondary N) is 1. The zero-order chi connectivity index (χ0) is 17.9. The summed E-state index contributed by atoms with van der Waals surface area (Å²) < 4.78 is 16.2. The number of likely N-dealkylation sites (tertiary alicyclic amines) is 1. The van der Waals surface area contributed by atoms with Crippen LogP contribution in [0.5, 0.6) is 0 Å². The highest BCUT2D eigenvalue weighted by Crippen LogP contribution is 2.29. The molecule has 1 N–H and O–H groups in total. The number of ether oxygens (including phenoxy) is 2. The molecular weight excluding hydrogens is 356 g/mol. The predicted molar refractivity (Wildman–Crippen MR) is 95.3 cm³/mol. The maximum Gasteiger partial charge on any atom is 0.291 e. The highest BCUT2D eigenvalue weighted by atomic mass is 32.1. The molecule has 2 amide bonds. The lowest BCUT2D eigenvalue weighted by Crippen LogP contribution is -2.41. The van der Waals surface area contributed by atoms with Crippen molar-refractivity contribution in [1.82, 2.24) is 4.90 Å². The van der Waals surface area contributed by atoms with Crippen molar-refractivity contribution in [2.45, 2.75) is 19.1 Å². The van der Waals surface area contributed by atoms with Crippen LogP contribution < -0.4 is 5.32 Å². The van der Waals surface area contributed by atoms with Gasteiger partial charge in [-0.3, -0.25) is 9.59 Å². The van der Waals surface area contributed by atoms with E-state index in [0.29, 0.717) is 42.1 Å². The van der Waals surface area contributed by atoms with E-state index in [0.717, 1.165) is 12.8 Å². The molecule has 0 aromatic carbocycles. The number of rotatable bonds is 4. The first-order valence-electron chi connectivity index (χ1n) is 8.68. The number of carbonyl (C=O) groups excluding carboxylic acids is 2. The molecule has 2 aromatic heterocycles. The molecule has 2 fully saturated rings. The zero-order valence-electron chi connectivity index (χ0n) is 14.2. The number of amides is 2. The molecule has 0 radical (unpaired) electrons. The van der Waals surface area contributed by atoms with Gasteiger partial charge in [0, 0.05) is 19.0 Å². The molecular formula is C18H20N2O5S. The Balaban J connectivity index is 1.32. The fourth-order valence-electron chi connectivity index (χ4n) is 3.28. The number of piperidine rings is 1. The number of hydrogen-bond donors (Lipinski definition) is 1. The highest BCUT2D eigenvalue weighted by Gasteiger charge is 2.32. The maximum absolute atomic E-state index is 12.7. The molecule has 0 saturated carbocycles. The van der Waals surface area contributed by atoms with Crippen molar-refractivity contribution in [3.05, 3.63) is 41.2 Å². The summed E-state index contributed by atoms with van der Waals surface area (Å²) in [6.45, 7) is 2.70. The lowest BCUT2D eigenvalue weighted by molar-refractivity contribution is -0.0955. The normalized spacial score (nSPS) is 19.0. The van der Waals surface area contributed by atoms with Crippen molar-refractivity contribution >= 4 is 28.2 Å². The predicted octanol–water partition coefficient (Wildman–Crippen LogP) is 2.82. The molecule has 0 atom stereocenters. The van der Waals surface area contributed by atoms with Crippen LogP contribution in [0.1, 0.15) is 33.1 Å². The number of furan rings is 1. The molecule has 4 heterocycles. The van der Waals surface area contributed by atoms with Crippen LogP contribution in [-0.2, 0) is 9.47 Å². The Hall–Kier alpha value is -2.16. The van der Waals surface area contributed by atoms with Crippen LogP contribution in [0.3, 0.4) is 0 Å². The van der Waals surface area contributed by atoms with Gasteiger partial charge >= 0.3 is 0 Å². The van der Waals surface area contributed by atoms with Crippen LogP contribution in [-0.4, -0.2) is 49.3 Å². The van der Waals surface area contributed by atoms with E-state index >= 15 is 0 Å². The molecule has 0 bridgehead atoms. The lowest BCUT2D eigenvalue weighted by atomic mass is 9.96. The maximum atomic E-state index is 12.7. The Bertz CT molecular complexity index is 758. The molecule has 0 spiro atoms. The van der Waals surface area contributed by atoms with Gasteiger partial charge in [-0.05, 0) is 37.1 Å². The van der Waals surface area contributed by atoms with Gasteiger partial charge in [-0.1, -0.05) is 0 Å². The van der Waals surface area contributed by atoms with E-state index in [1.807, 2.05) is 4.90 Å². The van der Waals surface area contributed by atoms with Crippen LogP contribution in [0.4, 0.5) is 5.00 Å². The molecule has 7 nitrogen and oxygen atoms in total. The van der Waals surface area contributed by atoms with Crippen molar-refractivity contribution in [1.29, 1.82) is 0 Å². The molecule has 26 heavy (non-hydrogen) atoms. The number of hydrogen-bond acceptors (Lipinski definition) is 6. The van der Waals surface area contributed by atoms with Crippen LogP contribution in [0.15, 0.2) is 34.9 Å². The minimum absolute atomic E-state index is 0.000191. The van der Waals surface area contributed by atoms with Gasteiger partial charge in [-0.25, -0.2) is 0 Å². The van der Waals surface area contributed by atoms with Crippen molar-refractivity contribution in [2.24, 2.45) is 5.92 Å². The fourth-order valence-corrected chi connectivity index (χ4v) is 4.15. The summed E-state index contributed by atoms with van der Waals surface area (Å²) in [5.74, 6) is 0.270. The van der Waals surface area contributed by atoms with Crippen LogP contribution in [0.2, 0.25) is 0 Å². The number of anilines is 1. The first kappa shape index (κ1) is 17.3. The first-order valence-corrected chi connectivity index (χ1v) is 9.49. The van der Waals surface area contributed by atoms with Crippen LogP contribution in [0, 0.1) is 5.92 Å². The molecule has 138 valence electrons. The molecule has 0 aliphatic carbocycles. The van der Waals surface area contributed by atoms with Gasteiger partial charge in [0.15, 0.2) is 12.1 Å². The Labute approximate surface area is 154 Å². The van der Waals surface area contributed by atoms with Crippen molar-refractivity contribution < 1.29 is 23.5 Å². The number of nitrogens with zero attached hydrogens (tertiary/aromatic N) is 1. The molecule has 2 aliphatic heterocycles. The molecule has 2 aliphatic rings. The van der Waals surface area contributed by atoms with Gasteiger partial charge in [-0.2, -0.15) is 0 Å². The Morgan fingerprint density at radius 1 is 1.12 bits per heavy atom. The smallest absolute Gasteiger partial charge is 0.291 e. The Morgan fingerprint density at radius 2 is 1.88 bits per heavy atom. The quantitative estimate of drug-likeness (QED) is 0.887. The SMILES string of the molecule is O=C(Nc1ccc(C(=O)N2CCC(C3OCCO3)CC2)s1)c1ccco1. The van der Waals surface area contributed by atoms with Gasteiger partial charge in [0.2, 0.25) is 0 Å². The minimum atomic E-state index is -0.326. The second-order valence-electron chi connectivity index (χ2n) is 6.33. The summed E-state index contributed by atoms with van der Waals surface area (Å²) in [7, 11) is 0. The topological polar surface area (TPSA) is 81.0 Å². The van der Waals surface area contributed by atoms with E-state index in [-0.39, 0.29) is 23.9 Å². The van der Waals surface area contributed by atoms with E-state index < -0.39 is 0 Å². The second kappa shape index (κ2) is 7.61. The molecule has 2 aromatic rings. The molecule has 8 heteroatoms. The third-order valence-electron chi connectivity index (χ3n) is 4.66. The average molecular weight is 376 g/mol. The summed E-state index contributed by atoms with van der Waals surface area (Å²) in [6, 6.07) is 6.74. The van der Waals surface area contributed by atoms with Gasteiger partial charge in [0.1, 0.15) is 0 Å². The van der Waals surface area contributed by atoms with E-state index in [9.17, 15) is 9.59 Å². The largest absolute Gasteiger partial charge is 0.459 e. The zero-order valence-corrected chi connectivity index (χ0v) is 15.0. The number of carbonyl (C=O) groups is 2.